The molecular weight excluding hydrogens is 334 g/mol. The molecule has 1 saturated carbocycles. The molecule has 0 spiro atoms. The van der Waals surface area contributed by atoms with Gasteiger partial charge in [0.15, 0.2) is 0 Å². The summed E-state index contributed by atoms with van der Waals surface area (Å²) in [6, 6.07) is 5.88. The Labute approximate surface area is 139 Å². The molecule has 1 aliphatic carbocycles. The van der Waals surface area contributed by atoms with Gasteiger partial charge < -0.3 is 10.6 Å². The van der Waals surface area contributed by atoms with Gasteiger partial charge in [-0.05, 0) is 37.1 Å². The van der Waals surface area contributed by atoms with Crippen LogP contribution in [-0.2, 0) is 19.6 Å². The summed E-state index contributed by atoms with van der Waals surface area (Å²) in [6.45, 7) is -0.115. The highest BCUT2D eigenvalue weighted by Crippen LogP contribution is 2.25. The summed E-state index contributed by atoms with van der Waals surface area (Å²) < 4.78 is 24.4. The van der Waals surface area contributed by atoms with Crippen LogP contribution in [0.1, 0.15) is 29.6 Å². The topological polar surface area (TPSA) is 113 Å². The zero-order valence-corrected chi connectivity index (χ0v) is 13.6. The Balaban J connectivity index is 1.62. The summed E-state index contributed by atoms with van der Waals surface area (Å²) in [7, 11) is -3.62. The molecule has 8 nitrogen and oxygen atoms in total. The third-order valence-electron chi connectivity index (χ3n) is 3.79. The molecule has 0 bridgehead atoms. The lowest BCUT2D eigenvalue weighted by atomic mass is 10.2. The number of carbonyl (C=O) groups excluding carboxylic acids is 3. The Hall–Kier alpha value is -2.42. The van der Waals surface area contributed by atoms with E-state index in [9.17, 15) is 22.8 Å². The lowest BCUT2D eigenvalue weighted by Gasteiger charge is -2.15. The SMILES string of the molecule is O=C(CNC(=O)c1ccc(N2C(=O)CCS2(=O)=O)cc1)NC1CC1. The maximum atomic E-state index is 12.0. The predicted molar refractivity (Wildman–Crippen MR) is 85.8 cm³/mol. The van der Waals surface area contributed by atoms with Crippen molar-refractivity contribution in [3.8, 4) is 0 Å². The number of anilines is 1. The molecule has 0 aromatic heterocycles. The zero-order valence-electron chi connectivity index (χ0n) is 12.8. The van der Waals surface area contributed by atoms with Gasteiger partial charge >= 0.3 is 0 Å². The number of nitrogens with one attached hydrogen (secondary N) is 2. The van der Waals surface area contributed by atoms with Crippen LogP contribution in [-0.4, -0.2) is 44.5 Å². The third kappa shape index (κ3) is 3.56. The molecule has 1 aromatic carbocycles. The predicted octanol–water partition coefficient (Wildman–Crippen LogP) is -0.238. The van der Waals surface area contributed by atoms with E-state index in [1.807, 2.05) is 0 Å². The van der Waals surface area contributed by atoms with E-state index in [-0.39, 0.29) is 41.9 Å². The molecule has 3 rings (SSSR count). The van der Waals surface area contributed by atoms with E-state index >= 15 is 0 Å². The first-order valence-electron chi connectivity index (χ1n) is 7.60. The smallest absolute Gasteiger partial charge is 0.251 e. The van der Waals surface area contributed by atoms with Crippen LogP contribution >= 0.6 is 0 Å². The molecule has 1 heterocycles. The Morgan fingerprint density at radius 3 is 2.38 bits per heavy atom. The van der Waals surface area contributed by atoms with Crippen LogP contribution in [0.4, 0.5) is 5.69 Å². The van der Waals surface area contributed by atoms with Crippen molar-refractivity contribution in [3.05, 3.63) is 29.8 Å². The van der Waals surface area contributed by atoms with Gasteiger partial charge in [0.25, 0.3) is 5.91 Å². The van der Waals surface area contributed by atoms with Gasteiger partial charge in [-0.3, -0.25) is 14.4 Å². The van der Waals surface area contributed by atoms with Gasteiger partial charge in [0.05, 0.1) is 18.0 Å². The fourth-order valence-electron chi connectivity index (χ4n) is 2.39. The Bertz CT molecular complexity index is 784. The van der Waals surface area contributed by atoms with E-state index in [1.54, 1.807) is 0 Å². The maximum absolute atomic E-state index is 12.0. The van der Waals surface area contributed by atoms with Gasteiger partial charge in [0.2, 0.25) is 21.8 Å². The summed E-state index contributed by atoms with van der Waals surface area (Å²) in [5, 5.41) is 5.25. The van der Waals surface area contributed by atoms with Crippen LogP contribution in [0.2, 0.25) is 0 Å². The van der Waals surface area contributed by atoms with E-state index < -0.39 is 21.8 Å². The van der Waals surface area contributed by atoms with Crippen LogP contribution in [0.5, 0.6) is 0 Å². The average Bonchev–Trinajstić information content (AvgIpc) is 3.30. The molecule has 24 heavy (non-hydrogen) atoms. The van der Waals surface area contributed by atoms with Crippen molar-refractivity contribution in [2.45, 2.75) is 25.3 Å². The molecule has 2 fully saturated rings. The number of rotatable bonds is 5. The van der Waals surface area contributed by atoms with E-state index in [0.29, 0.717) is 0 Å². The monoisotopic (exact) mass is 351 g/mol. The standard InChI is InChI=1S/C15H17N3O5S/c19-13(17-11-3-4-11)9-16-15(21)10-1-5-12(6-2-10)18-14(20)7-8-24(18,22)23/h1-2,5-6,11H,3-4,7-9H2,(H,16,21)(H,17,19). The first-order valence-corrected chi connectivity index (χ1v) is 9.21. The van der Waals surface area contributed by atoms with Crippen molar-refractivity contribution >= 4 is 33.4 Å². The molecule has 1 aromatic rings. The summed E-state index contributed by atoms with van der Waals surface area (Å²) in [5.41, 5.74) is 0.488. The first kappa shape index (κ1) is 16.4. The molecule has 1 saturated heterocycles. The van der Waals surface area contributed by atoms with Crippen molar-refractivity contribution in [2.75, 3.05) is 16.6 Å². The highest BCUT2D eigenvalue weighted by atomic mass is 32.2. The van der Waals surface area contributed by atoms with E-state index in [0.717, 1.165) is 17.1 Å². The molecule has 2 aliphatic rings. The lowest BCUT2D eigenvalue weighted by molar-refractivity contribution is -0.120. The van der Waals surface area contributed by atoms with Gasteiger partial charge in [-0.2, -0.15) is 0 Å². The average molecular weight is 351 g/mol. The highest BCUT2D eigenvalue weighted by Gasteiger charge is 2.36. The van der Waals surface area contributed by atoms with Crippen LogP contribution in [0.15, 0.2) is 24.3 Å². The van der Waals surface area contributed by atoms with Crippen LogP contribution < -0.4 is 14.9 Å². The van der Waals surface area contributed by atoms with Gasteiger partial charge in [-0.15, -0.1) is 0 Å². The Kier molecular flexibility index (Phi) is 4.27. The number of sulfonamides is 1. The maximum Gasteiger partial charge on any atom is 0.251 e. The zero-order chi connectivity index (χ0) is 17.3. The number of hydrogen-bond acceptors (Lipinski definition) is 5. The number of amides is 3. The van der Waals surface area contributed by atoms with Crippen LogP contribution in [0.25, 0.3) is 0 Å². The number of carbonyl (C=O) groups is 3. The first-order chi connectivity index (χ1) is 11.4. The Morgan fingerprint density at radius 1 is 1.17 bits per heavy atom. The molecule has 0 unspecified atom stereocenters. The van der Waals surface area contributed by atoms with E-state index in [2.05, 4.69) is 10.6 Å². The van der Waals surface area contributed by atoms with Gasteiger partial charge in [0.1, 0.15) is 0 Å². The molecule has 3 amide bonds. The fourth-order valence-corrected chi connectivity index (χ4v) is 3.85. The molecule has 0 radical (unpaired) electrons. The third-order valence-corrected chi connectivity index (χ3v) is 5.49. The second-order valence-electron chi connectivity index (χ2n) is 5.80. The van der Waals surface area contributed by atoms with Crippen molar-refractivity contribution in [1.29, 1.82) is 0 Å². The number of nitrogens with zero attached hydrogens (tertiary/aromatic N) is 1. The van der Waals surface area contributed by atoms with Gasteiger partial charge in [-0.1, -0.05) is 0 Å². The molecule has 128 valence electrons. The lowest BCUT2D eigenvalue weighted by Crippen LogP contribution is -2.37. The van der Waals surface area contributed by atoms with Gasteiger partial charge in [-0.25, -0.2) is 12.7 Å². The van der Waals surface area contributed by atoms with E-state index in [1.165, 1.54) is 24.3 Å². The number of benzene rings is 1. The molecule has 1 aliphatic heterocycles. The van der Waals surface area contributed by atoms with Crippen molar-refractivity contribution < 1.29 is 22.8 Å². The number of hydrogen-bond donors (Lipinski definition) is 2. The second kappa shape index (κ2) is 6.23. The van der Waals surface area contributed by atoms with E-state index in [4.69, 9.17) is 0 Å². The minimum atomic E-state index is -3.62. The highest BCUT2D eigenvalue weighted by molar-refractivity contribution is 7.94. The fraction of sp³-hybridized carbons (Fsp3) is 0.400. The Morgan fingerprint density at radius 2 is 1.83 bits per heavy atom. The summed E-state index contributed by atoms with van der Waals surface area (Å²) in [6.07, 6.45) is 1.90. The quantitative estimate of drug-likeness (QED) is 0.760. The van der Waals surface area contributed by atoms with Crippen molar-refractivity contribution in [1.82, 2.24) is 10.6 Å². The summed E-state index contributed by atoms with van der Waals surface area (Å²) in [4.78, 5) is 35.2. The summed E-state index contributed by atoms with van der Waals surface area (Å²) in [5.74, 6) is -1.37. The van der Waals surface area contributed by atoms with Crippen LogP contribution in [0, 0.1) is 0 Å². The minimum Gasteiger partial charge on any atom is -0.352 e. The normalized spacial score (nSPS) is 19.2. The molecule has 0 atom stereocenters. The minimum absolute atomic E-state index is 0.0410. The van der Waals surface area contributed by atoms with Gasteiger partial charge in [0, 0.05) is 18.0 Å². The van der Waals surface area contributed by atoms with Crippen molar-refractivity contribution in [3.63, 3.8) is 0 Å². The molecule has 2 N–H and O–H groups in total. The second-order valence-corrected chi connectivity index (χ2v) is 7.73. The largest absolute Gasteiger partial charge is 0.352 e. The van der Waals surface area contributed by atoms with Crippen LogP contribution in [0.3, 0.4) is 0 Å². The molecular formula is C15H17N3O5S. The molecule has 9 heteroatoms. The summed E-state index contributed by atoms with van der Waals surface area (Å²) >= 11 is 0. The van der Waals surface area contributed by atoms with Crippen molar-refractivity contribution in [2.24, 2.45) is 0 Å².